The standard InChI is InChI=1S/C12H14N2O3S/c1-7(14(16)12(13)15)10-6-8-4-3-5-9(17-2)11(8)18-10/h3-7,16H,1-2H3,(H2,13,15). The lowest BCUT2D eigenvalue weighted by molar-refractivity contribution is -0.0700. The Labute approximate surface area is 108 Å². The Bertz CT molecular complexity index is 582. The van der Waals surface area contributed by atoms with Gasteiger partial charge in [0.25, 0.3) is 0 Å². The molecule has 96 valence electrons. The van der Waals surface area contributed by atoms with Gasteiger partial charge in [0.1, 0.15) is 5.75 Å². The zero-order chi connectivity index (χ0) is 13.3. The number of carbonyl (C=O) groups is 1. The number of methoxy groups -OCH3 is 1. The molecule has 0 aliphatic carbocycles. The van der Waals surface area contributed by atoms with Gasteiger partial charge >= 0.3 is 6.03 Å². The number of nitrogens with two attached hydrogens (primary N) is 1. The van der Waals surface area contributed by atoms with Crippen molar-refractivity contribution in [3.8, 4) is 5.75 Å². The van der Waals surface area contributed by atoms with Crippen LogP contribution in [0.3, 0.4) is 0 Å². The molecule has 2 rings (SSSR count). The van der Waals surface area contributed by atoms with Crippen LogP contribution in [0.15, 0.2) is 24.3 Å². The summed E-state index contributed by atoms with van der Waals surface area (Å²) in [6.07, 6.45) is 0. The van der Waals surface area contributed by atoms with Crippen molar-refractivity contribution in [1.29, 1.82) is 0 Å². The topological polar surface area (TPSA) is 75.8 Å². The molecule has 0 bridgehead atoms. The largest absolute Gasteiger partial charge is 0.495 e. The van der Waals surface area contributed by atoms with E-state index in [1.165, 1.54) is 11.3 Å². The summed E-state index contributed by atoms with van der Waals surface area (Å²) in [6, 6.07) is 6.29. The van der Waals surface area contributed by atoms with Crippen molar-refractivity contribution in [2.24, 2.45) is 5.73 Å². The first-order valence-corrected chi connectivity index (χ1v) is 6.20. The van der Waals surface area contributed by atoms with Crippen LogP contribution in [0.25, 0.3) is 10.1 Å². The fourth-order valence-corrected chi connectivity index (χ4v) is 2.92. The van der Waals surface area contributed by atoms with Gasteiger partial charge in [-0.1, -0.05) is 12.1 Å². The van der Waals surface area contributed by atoms with E-state index < -0.39 is 12.1 Å². The number of carbonyl (C=O) groups excluding carboxylic acids is 1. The van der Waals surface area contributed by atoms with Gasteiger partial charge in [-0.3, -0.25) is 5.21 Å². The van der Waals surface area contributed by atoms with E-state index in [0.29, 0.717) is 5.06 Å². The van der Waals surface area contributed by atoms with Crippen molar-refractivity contribution in [3.63, 3.8) is 0 Å². The van der Waals surface area contributed by atoms with Crippen LogP contribution in [0.2, 0.25) is 0 Å². The Hall–Kier alpha value is -1.79. The minimum Gasteiger partial charge on any atom is -0.495 e. The van der Waals surface area contributed by atoms with E-state index in [1.54, 1.807) is 14.0 Å². The Balaban J connectivity index is 2.44. The third kappa shape index (κ3) is 2.12. The van der Waals surface area contributed by atoms with Crippen LogP contribution in [-0.2, 0) is 0 Å². The fraction of sp³-hybridized carbons (Fsp3) is 0.250. The first kappa shape index (κ1) is 12.7. The number of thiophene rings is 1. The molecule has 0 spiro atoms. The molecule has 1 heterocycles. The predicted octanol–water partition coefficient (Wildman–Crippen LogP) is 2.74. The highest BCUT2D eigenvalue weighted by atomic mass is 32.1. The van der Waals surface area contributed by atoms with E-state index in [4.69, 9.17) is 10.5 Å². The van der Waals surface area contributed by atoms with E-state index in [9.17, 15) is 10.0 Å². The van der Waals surface area contributed by atoms with Crippen LogP contribution in [0, 0.1) is 0 Å². The Kier molecular flexibility index (Phi) is 3.40. The Morgan fingerprint density at radius 2 is 2.28 bits per heavy atom. The maximum absolute atomic E-state index is 10.9. The fourth-order valence-electron chi connectivity index (χ4n) is 1.73. The summed E-state index contributed by atoms with van der Waals surface area (Å²) < 4.78 is 6.26. The Morgan fingerprint density at radius 1 is 1.56 bits per heavy atom. The van der Waals surface area contributed by atoms with E-state index in [2.05, 4.69) is 0 Å². The van der Waals surface area contributed by atoms with Crippen molar-refractivity contribution < 1.29 is 14.7 Å². The van der Waals surface area contributed by atoms with Gasteiger partial charge in [0.2, 0.25) is 0 Å². The van der Waals surface area contributed by atoms with Gasteiger partial charge < -0.3 is 10.5 Å². The molecule has 1 atom stereocenters. The summed E-state index contributed by atoms with van der Waals surface area (Å²) in [6.45, 7) is 1.71. The second-order valence-corrected chi connectivity index (χ2v) is 4.97. The van der Waals surface area contributed by atoms with E-state index >= 15 is 0 Å². The first-order valence-electron chi connectivity index (χ1n) is 5.38. The van der Waals surface area contributed by atoms with Gasteiger partial charge in [-0.25, -0.2) is 4.79 Å². The molecule has 6 heteroatoms. The summed E-state index contributed by atoms with van der Waals surface area (Å²) in [5, 5.41) is 11.1. The monoisotopic (exact) mass is 266 g/mol. The second kappa shape index (κ2) is 4.83. The molecule has 0 saturated heterocycles. The molecule has 0 aliphatic heterocycles. The van der Waals surface area contributed by atoms with E-state index in [0.717, 1.165) is 20.7 Å². The molecule has 1 aromatic heterocycles. The smallest absolute Gasteiger partial charge is 0.339 e. The number of urea groups is 1. The second-order valence-electron chi connectivity index (χ2n) is 3.89. The molecule has 3 N–H and O–H groups in total. The molecule has 1 aromatic carbocycles. The van der Waals surface area contributed by atoms with Crippen molar-refractivity contribution in [1.82, 2.24) is 5.06 Å². The molecule has 0 radical (unpaired) electrons. The maximum Gasteiger partial charge on any atom is 0.339 e. The van der Waals surface area contributed by atoms with Crippen LogP contribution >= 0.6 is 11.3 Å². The van der Waals surface area contributed by atoms with Crippen LogP contribution < -0.4 is 10.5 Å². The predicted molar refractivity (Wildman–Crippen MR) is 70.0 cm³/mol. The molecule has 0 saturated carbocycles. The minimum absolute atomic E-state index is 0.482. The Morgan fingerprint density at radius 3 is 2.89 bits per heavy atom. The average Bonchev–Trinajstić information content (AvgIpc) is 2.80. The minimum atomic E-state index is -0.869. The van der Waals surface area contributed by atoms with Crippen molar-refractivity contribution in [3.05, 3.63) is 29.1 Å². The van der Waals surface area contributed by atoms with Gasteiger partial charge in [-0.2, -0.15) is 5.06 Å². The van der Waals surface area contributed by atoms with Crippen molar-refractivity contribution in [2.45, 2.75) is 13.0 Å². The molecule has 0 aliphatic rings. The number of nitrogens with zero attached hydrogens (tertiary/aromatic N) is 1. The number of hydroxylamine groups is 2. The molecular formula is C12H14N2O3S. The SMILES string of the molecule is COc1cccc2cc(C(C)N(O)C(N)=O)sc12. The van der Waals surface area contributed by atoms with Gasteiger partial charge in [-0.15, -0.1) is 11.3 Å². The molecule has 1 unspecified atom stereocenters. The molecule has 2 amide bonds. The summed E-state index contributed by atoms with van der Waals surface area (Å²) in [7, 11) is 1.61. The molecular weight excluding hydrogens is 252 g/mol. The van der Waals surface area contributed by atoms with Crippen LogP contribution in [0.5, 0.6) is 5.75 Å². The number of ether oxygens (including phenoxy) is 1. The quantitative estimate of drug-likeness (QED) is 0.662. The highest BCUT2D eigenvalue weighted by Gasteiger charge is 2.20. The molecule has 5 nitrogen and oxygen atoms in total. The number of benzene rings is 1. The van der Waals surface area contributed by atoms with E-state index in [1.807, 2.05) is 24.3 Å². The van der Waals surface area contributed by atoms with E-state index in [-0.39, 0.29) is 0 Å². The van der Waals surface area contributed by atoms with Crippen molar-refractivity contribution >= 4 is 27.5 Å². The number of amides is 2. The molecule has 2 aromatic rings. The summed E-state index contributed by atoms with van der Waals surface area (Å²) >= 11 is 1.47. The van der Waals surface area contributed by atoms with Gasteiger partial charge in [0, 0.05) is 4.88 Å². The number of rotatable bonds is 3. The third-order valence-electron chi connectivity index (χ3n) is 2.75. The van der Waals surface area contributed by atoms with Crippen molar-refractivity contribution in [2.75, 3.05) is 7.11 Å². The lowest BCUT2D eigenvalue weighted by Crippen LogP contribution is -2.34. The highest BCUT2D eigenvalue weighted by molar-refractivity contribution is 7.19. The summed E-state index contributed by atoms with van der Waals surface area (Å²) in [5.74, 6) is 0.777. The zero-order valence-corrected chi connectivity index (χ0v) is 10.9. The van der Waals surface area contributed by atoms with Crippen LogP contribution in [0.1, 0.15) is 17.8 Å². The normalized spacial score (nSPS) is 12.4. The summed E-state index contributed by atoms with van der Waals surface area (Å²) in [5.41, 5.74) is 5.04. The lowest BCUT2D eigenvalue weighted by atomic mass is 10.2. The van der Waals surface area contributed by atoms with Gasteiger partial charge in [0.05, 0.1) is 17.9 Å². The first-order chi connectivity index (χ1) is 8.54. The molecule has 18 heavy (non-hydrogen) atoms. The third-order valence-corrected chi connectivity index (χ3v) is 4.09. The average molecular weight is 266 g/mol. The highest BCUT2D eigenvalue weighted by Crippen LogP contribution is 2.37. The number of fused-ring (bicyclic) bond motifs is 1. The van der Waals surface area contributed by atoms with Gasteiger partial charge in [-0.05, 0) is 24.4 Å². The number of hydrogen-bond donors (Lipinski definition) is 2. The summed E-state index contributed by atoms with van der Waals surface area (Å²) in [4.78, 5) is 11.8. The van der Waals surface area contributed by atoms with Crippen LogP contribution in [-0.4, -0.2) is 23.4 Å². The van der Waals surface area contributed by atoms with Crippen LogP contribution in [0.4, 0.5) is 4.79 Å². The lowest BCUT2D eigenvalue weighted by Gasteiger charge is -2.18. The molecule has 0 fully saturated rings. The zero-order valence-electron chi connectivity index (χ0n) is 10.1. The number of primary amides is 1. The van der Waals surface area contributed by atoms with Gasteiger partial charge in [0.15, 0.2) is 0 Å². The maximum atomic E-state index is 10.9. The number of hydrogen-bond acceptors (Lipinski definition) is 4.